The molecule has 0 amide bonds. The minimum absolute atomic E-state index is 0.713. The van der Waals surface area contributed by atoms with Gasteiger partial charge < -0.3 is 9.47 Å². The van der Waals surface area contributed by atoms with E-state index in [2.05, 4.69) is 19.1 Å². The van der Waals surface area contributed by atoms with E-state index in [1.165, 1.54) is 11.1 Å². The smallest absolute Gasteiger partial charge is 0.0877 e. The highest BCUT2D eigenvalue weighted by Crippen LogP contribution is 2.15. The average Bonchev–Trinajstić information content (AvgIpc) is 2.27. The molecule has 0 bridgehead atoms. The fourth-order valence-corrected chi connectivity index (χ4v) is 1.64. The first kappa shape index (κ1) is 11.2. The summed E-state index contributed by atoms with van der Waals surface area (Å²) in [6.07, 6.45) is 2.95. The molecule has 0 atom stereocenters. The topological polar surface area (TPSA) is 18.5 Å². The zero-order valence-electron chi connectivity index (χ0n) is 9.69. The highest BCUT2D eigenvalue weighted by atomic mass is 16.5. The molecule has 0 aromatic heterocycles. The zero-order chi connectivity index (χ0) is 11.2. The molecule has 2 heteroatoms. The van der Waals surface area contributed by atoms with Crippen LogP contribution in [0, 0.1) is 5.92 Å². The standard InChI is InChI=1S/C14H18O2/c1-12(14-5-3-2-4-6-14)9-15-8-7-13-10-16-11-13/h2-6,9,13H,7-8,10-11H2,1H3/b12-9-. The monoisotopic (exact) mass is 218 g/mol. The van der Waals surface area contributed by atoms with Gasteiger partial charge in [0, 0.05) is 5.92 Å². The van der Waals surface area contributed by atoms with Crippen LogP contribution < -0.4 is 0 Å². The van der Waals surface area contributed by atoms with E-state index >= 15 is 0 Å². The van der Waals surface area contributed by atoms with Crippen LogP contribution in [0.15, 0.2) is 36.6 Å². The largest absolute Gasteiger partial charge is 0.501 e. The van der Waals surface area contributed by atoms with Gasteiger partial charge in [-0.15, -0.1) is 0 Å². The van der Waals surface area contributed by atoms with Crippen LogP contribution in [0.25, 0.3) is 5.57 Å². The van der Waals surface area contributed by atoms with E-state index in [0.29, 0.717) is 5.92 Å². The maximum absolute atomic E-state index is 5.54. The van der Waals surface area contributed by atoms with E-state index in [1.54, 1.807) is 0 Å². The summed E-state index contributed by atoms with van der Waals surface area (Å²) < 4.78 is 10.6. The van der Waals surface area contributed by atoms with Crippen LogP contribution in [-0.4, -0.2) is 19.8 Å². The summed E-state index contributed by atoms with van der Waals surface area (Å²) in [6.45, 7) is 4.68. The molecule has 1 saturated heterocycles. The lowest BCUT2D eigenvalue weighted by Gasteiger charge is -2.25. The molecular weight excluding hydrogens is 200 g/mol. The number of hydrogen-bond acceptors (Lipinski definition) is 2. The highest BCUT2D eigenvalue weighted by Gasteiger charge is 2.17. The predicted octanol–water partition coefficient (Wildman–Crippen LogP) is 3.10. The number of hydrogen-bond donors (Lipinski definition) is 0. The third-order valence-electron chi connectivity index (χ3n) is 2.84. The molecule has 1 aliphatic rings. The molecule has 0 radical (unpaired) electrons. The Balaban J connectivity index is 1.74. The van der Waals surface area contributed by atoms with Gasteiger partial charge in [-0.25, -0.2) is 0 Å². The van der Waals surface area contributed by atoms with E-state index in [9.17, 15) is 0 Å². The summed E-state index contributed by atoms with van der Waals surface area (Å²) in [5.41, 5.74) is 2.39. The molecule has 0 unspecified atom stereocenters. The Bertz CT molecular complexity index is 339. The minimum Gasteiger partial charge on any atom is -0.501 e. The first-order valence-electron chi connectivity index (χ1n) is 5.78. The van der Waals surface area contributed by atoms with Gasteiger partial charge >= 0.3 is 0 Å². The van der Waals surface area contributed by atoms with E-state index in [-0.39, 0.29) is 0 Å². The first-order valence-corrected chi connectivity index (χ1v) is 5.78. The molecule has 1 aromatic carbocycles. The summed E-state index contributed by atoms with van der Waals surface area (Å²) in [5.74, 6) is 0.713. The van der Waals surface area contributed by atoms with Crippen molar-refractivity contribution in [3.8, 4) is 0 Å². The van der Waals surface area contributed by atoms with Crippen LogP contribution in [0.5, 0.6) is 0 Å². The summed E-state index contributed by atoms with van der Waals surface area (Å²) in [4.78, 5) is 0. The van der Waals surface area contributed by atoms with Crippen molar-refractivity contribution in [3.05, 3.63) is 42.2 Å². The fourth-order valence-electron chi connectivity index (χ4n) is 1.64. The molecule has 2 nitrogen and oxygen atoms in total. The van der Waals surface area contributed by atoms with E-state index in [0.717, 1.165) is 26.2 Å². The van der Waals surface area contributed by atoms with Crippen molar-refractivity contribution in [1.82, 2.24) is 0 Å². The molecule has 0 aliphatic carbocycles. The van der Waals surface area contributed by atoms with Crippen LogP contribution in [0.1, 0.15) is 18.9 Å². The Kier molecular flexibility index (Phi) is 4.00. The molecule has 0 N–H and O–H groups in total. The first-order chi connectivity index (χ1) is 7.86. The van der Waals surface area contributed by atoms with Gasteiger partial charge in [0.05, 0.1) is 26.1 Å². The molecule has 1 heterocycles. The Hall–Kier alpha value is -1.28. The Morgan fingerprint density at radius 1 is 1.38 bits per heavy atom. The molecule has 86 valence electrons. The Morgan fingerprint density at radius 2 is 2.12 bits per heavy atom. The van der Waals surface area contributed by atoms with Crippen molar-refractivity contribution in [2.24, 2.45) is 5.92 Å². The van der Waals surface area contributed by atoms with Gasteiger partial charge in [-0.05, 0) is 24.5 Å². The van der Waals surface area contributed by atoms with Crippen LogP contribution >= 0.6 is 0 Å². The van der Waals surface area contributed by atoms with Gasteiger partial charge in [-0.1, -0.05) is 30.3 Å². The average molecular weight is 218 g/mol. The van der Waals surface area contributed by atoms with E-state index < -0.39 is 0 Å². The summed E-state index contributed by atoms with van der Waals surface area (Å²) in [5, 5.41) is 0. The third kappa shape index (κ3) is 3.11. The van der Waals surface area contributed by atoms with Gasteiger partial charge in [0.15, 0.2) is 0 Å². The molecule has 2 rings (SSSR count). The van der Waals surface area contributed by atoms with Gasteiger partial charge in [0.1, 0.15) is 0 Å². The van der Waals surface area contributed by atoms with Crippen molar-refractivity contribution in [2.75, 3.05) is 19.8 Å². The highest BCUT2D eigenvalue weighted by molar-refractivity contribution is 5.62. The number of benzene rings is 1. The zero-order valence-corrected chi connectivity index (χ0v) is 9.69. The number of rotatable bonds is 5. The molecule has 16 heavy (non-hydrogen) atoms. The Morgan fingerprint density at radius 3 is 2.75 bits per heavy atom. The SMILES string of the molecule is C/C(=C/OCCC1COC1)c1ccccc1. The quantitative estimate of drug-likeness (QED) is 0.558. The van der Waals surface area contributed by atoms with Crippen molar-refractivity contribution >= 4 is 5.57 Å². The number of allylic oxidation sites excluding steroid dienone is 1. The normalized spacial score (nSPS) is 16.9. The maximum atomic E-state index is 5.54. The lowest BCUT2D eigenvalue weighted by atomic mass is 10.1. The molecule has 1 aromatic rings. The van der Waals surface area contributed by atoms with Crippen LogP contribution in [0.4, 0.5) is 0 Å². The van der Waals surface area contributed by atoms with Gasteiger partial charge in [0.25, 0.3) is 0 Å². The van der Waals surface area contributed by atoms with Gasteiger partial charge in [0.2, 0.25) is 0 Å². The van der Waals surface area contributed by atoms with Crippen molar-refractivity contribution in [2.45, 2.75) is 13.3 Å². The predicted molar refractivity (Wildman–Crippen MR) is 65.0 cm³/mol. The van der Waals surface area contributed by atoms with E-state index in [1.807, 2.05) is 24.5 Å². The van der Waals surface area contributed by atoms with Crippen LogP contribution in [0.2, 0.25) is 0 Å². The lowest BCUT2D eigenvalue weighted by Crippen LogP contribution is -2.28. The van der Waals surface area contributed by atoms with Gasteiger partial charge in [-0.2, -0.15) is 0 Å². The van der Waals surface area contributed by atoms with Crippen molar-refractivity contribution in [1.29, 1.82) is 0 Å². The Labute approximate surface area is 96.9 Å². The number of ether oxygens (including phenoxy) is 2. The summed E-state index contributed by atoms with van der Waals surface area (Å²) in [7, 11) is 0. The maximum Gasteiger partial charge on any atom is 0.0877 e. The molecule has 1 aliphatic heterocycles. The molecular formula is C14H18O2. The second-order valence-electron chi connectivity index (χ2n) is 4.23. The minimum atomic E-state index is 0.713. The van der Waals surface area contributed by atoms with Crippen LogP contribution in [-0.2, 0) is 9.47 Å². The van der Waals surface area contributed by atoms with Crippen molar-refractivity contribution in [3.63, 3.8) is 0 Å². The summed E-state index contributed by atoms with van der Waals surface area (Å²) >= 11 is 0. The fraction of sp³-hybridized carbons (Fsp3) is 0.429. The second kappa shape index (κ2) is 5.71. The molecule has 0 spiro atoms. The lowest BCUT2D eigenvalue weighted by molar-refractivity contribution is -0.0420. The third-order valence-corrected chi connectivity index (χ3v) is 2.84. The molecule has 1 fully saturated rings. The van der Waals surface area contributed by atoms with Gasteiger partial charge in [-0.3, -0.25) is 0 Å². The summed E-state index contributed by atoms with van der Waals surface area (Å²) in [6, 6.07) is 10.3. The second-order valence-corrected chi connectivity index (χ2v) is 4.23. The van der Waals surface area contributed by atoms with Crippen LogP contribution in [0.3, 0.4) is 0 Å². The van der Waals surface area contributed by atoms with Crippen molar-refractivity contribution < 1.29 is 9.47 Å². The molecule has 0 saturated carbocycles. The van der Waals surface area contributed by atoms with E-state index in [4.69, 9.17) is 9.47 Å².